The highest BCUT2D eigenvalue weighted by atomic mass is 16.4. The van der Waals surface area contributed by atoms with Crippen molar-refractivity contribution in [3.63, 3.8) is 0 Å². The number of carboxylic acids is 1. The quantitative estimate of drug-likeness (QED) is 0.858. The van der Waals surface area contributed by atoms with Crippen LogP contribution in [0, 0.1) is 18.3 Å². The van der Waals surface area contributed by atoms with Gasteiger partial charge in [-0.1, -0.05) is 6.07 Å². The van der Waals surface area contributed by atoms with Crippen molar-refractivity contribution in [1.82, 2.24) is 4.57 Å². The number of benzene rings is 1. The largest absolute Gasteiger partial charge is 0.477 e. The van der Waals surface area contributed by atoms with Crippen LogP contribution < -0.4 is 0 Å². The molecule has 0 atom stereocenters. The van der Waals surface area contributed by atoms with Crippen molar-refractivity contribution in [2.24, 2.45) is 0 Å². The van der Waals surface area contributed by atoms with Crippen LogP contribution in [0.2, 0.25) is 0 Å². The van der Waals surface area contributed by atoms with Crippen LogP contribution >= 0.6 is 0 Å². The molecule has 86 valence electrons. The van der Waals surface area contributed by atoms with Crippen molar-refractivity contribution in [1.29, 1.82) is 5.26 Å². The predicted molar refractivity (Wildman–Crippen MR) is 64.0 cm³/mol. The number of hydrogen-bond donors (Lipinski definition) is 1. The molecule has 0 radical (unpaired) electrons. The minimum absolute atomic E-state index is 0.269. The number of aryl methyl sites for hydroxylation is 2. The highest BCUT2D eigenvalue weighted by molar-refractivity contribution is 6.00. The number of hydrogen-bond acceptors (Lipinski definition) is 2. The lowest BCUT2D eigenvalue weighted by Crippen LogP contribution is -2.08. The van der Waals surface area contributed by atoms with Gasteiger partial charge in [0, 0.05) is 11.9 Å². The van der Waals surface area contributed by atoms with E-state index in [0.29, 0.717) is 17.7 Å². The Hall–Kier alpha value is -2.28. The molecule has 1 aromatic carbocycles. The first-order valence-corrected chi connectivity index (χ1v) is 5.37. The van der Waals surface area contributed by atoms with Gasteiger partial charge in [-0.05, 0) is 31.5 Å². The van der Waals surface area contributed by atoms with Gasteiger partial charge in [0.25, 0.3) is 0 Å². The monoisotopic (exact) mass is 228 g/mol. The molecule has 0 aliphatic carbocycles. The Balaban J connectivity index is 3.00. The summed E-state index contributed by atoms with van der Waals surface area (Å²) >= 11 is 0. The fourth-order valence-electron chi connectivity index (χ4n) is 2.30. The second kappa shape index (κ2) is 3.95. The number of rotatable bonds is 2. The molecular weight excluding hydrogens is 216 g/mol. The van der Waals surface area contributed by atoms with E-state index in [2.05, 4.69) is 6.07 Å². The number of fused-ring (bicyclic) bond motifs is 1. The molecule has 2 aromatic rings. The summed E-state index contributed by atoms with van der Waals surface area (Å²) in [7, 11) is 0. The molecule has 0 saturated carbocycles. The van der Waals surface area contributed by atoms with Gasteiger partial charge in [0.05, 0.1) is 17.1 Å². The fraction of sp³-hybridized carbons (Fsp3) is 0.231. The molecule has 0 aliphatic rings. The van der Waals surface area contributed by atoms with Crippen molar-refractivity contribution in [2.45, 2.75) is 20.4 Å². The summed E-state index contributed by atoms with van der Waals surface area (Å²) in [4.78, 5) is 11.3. The highest BCUT2D eigenvalue weighted by Crippen LogP contribution is 2.28. The minimum atomic E-state index is -0.954. The second-order valence-corrected chi connectivity index (χ2v) is 3.83. The van der Waals surface area contributed by atoms with Gasteiger partial charge in [0.1, 0.15) is 5.69 Å². The molecule has 1 N–H and O–H groups in total. The van der Waals surface area contributed by atoms with E-state index in [1.807, 2.05) is 13.0 Å². The van der Waals surface area contributed by atoms with Crippen LogP contribution in [-0.2, 0) is 6.54 Å². The summed E-state index contributed by atoms with van der Waals surface area (Å²) in [5, 5.41) is 19.0. The Kier molecular flexibility index (Phi) is 2.60. The van der Waals surface area contributed by atoms with Crippen LogP contribution in [0.1, 0.15) is 28.5 Å². The molecule has 0 saturated heterocycles. The zero-order valence-electron chi connectivity index (χ0n) is 9.69. The molecular formula is C13H12N2O2. The number of nitrogens with zero attached hydrogens (tertiary/aromatic N) is 2. The van der Waals surface area contributed by atoms with Gasteiger partial charge < -0.3 is 9.67 Å². The van der Waals surface area contributed by atoms with Gasteiger partial charge in [-0.3, -0.25) is 0 Å². The third-order valence-corrected chi connectivity index (χ3v) is 2.97. The van der Waals surface area contributed by atoms with Gasteiger partial charge in [-0.15, -0.1) is 0 Å². The smallest absolute Gasteiger partial charge is 0.352 e. The lowest BCUT2D eigenvalue weighted by atomic mass is 10.1. The second-order valence-electron chi connectivity index (χ2n) is 3.83. The summed E-state index contributed by atoms with van der Waals surface area (Å²) in [6.07, 6.45) is 0. The molecule has 2 rings (SSSR count). The average molecular weight is 228 g/mol. The van der Waals surface area contributed by atoms with Crippen LogP contribution in [-0.4, -0.2) is 15.6 Å². The first kappa shape index (κ1) is 11.2. The lowest BCUT2D eigenvalue weighted by molar-refractivity contribution is 0.0685. The van der Waals surface area contributed by atoms with Crippen molar-refractivity contribution in [2.75, 3.05) is 0 Å². The zero-order chi connectivity index (χ0) is 12.6. The summed E-state index contributed by atoms with van der Waals surface area (Å²) < 4.78 is 1.73. The fourth-order valence-corrected chi connectivity index (χ4v) is 2.30. The molecule has 4 nitrogen and oxygen atoms in total. The summed E-state index contributed by atoms with van der Waals surface area (Å²) in [6, 6.07) is 7.44. The molecule has 0 fully saturated rings. The third-order valence-electron chi connectivity index (χ3n) is 2.97. The Morgan fingerprint density at radius 2 is 2.24 bits per heavy atom. The van der Waals surface area contributed by atoms with Gasteiger partial charge in [0.2, 0.25) is 0 Å². The van der Waals surface area contributed by atoms with Gasteiger partial charge in [0.15, 0.2) is 0 Å². The lowest BCUT2D eigenvalue weighted by Gasteiger charge is -2.03. The predicted octanol–water partition coefficient (Wildman–Crippen LogP) is 2.54. The molecule has 0 aliphatic heterocycles. The molecule has 0 spiro atoms. The van der Waals surface area contributed by atoms with Crippen LogP contribution in [0.5, 0.6) is 0 Å². The SMILES string of the molecule is CCn1c(C(=O)O)c(C)c2c(C#N)cccc21. The van der Waals surface area contributed by atoms with Crippen LogP contribution in [0.15, 0.2) is 18.2 Å². The Morgan fingerprint density at radius 3 is 2.76 bits per heavy atom. The standard InChI is InChI=1S/C13H12N2O2/c1-3-15-10-6-4-5-9(7-14)11(10)8(2)12(15)13(16)17/h4-6H,3H2,1-2H3,(H,16,17). The van der Waals surface area contributed by atoms with E-state index in [-0.39, 0.29) is 5.69 Å². The van der Waals surface area contributed by atoms with Crippen molar-refractivity contribution >= 4 is 16.9 Å². The molecule has 1 aromatic heterocycles. The zero-order valence-corrected chi connectivity index (χ0v) is 9.69. The van der Waals surface area contributed by atoms with Crippen LogP contribution in [0.25, 0.3) is 10.9 Å². The van der Waals surface area contributed by atoms with E-state index >= 15 is 0 Å². The Labute approximate surface area is 98.7 Å². The molecule has 0 unspecified atom stereocenters. The summed E-state index contributed by atoms with van der Waals surface area (Å²) in [5.74, 6) is -0.954. The molecule has 4 heteroatoms. The molecule has 17 heavy (non-hydrogen) atoms. The Bertz CT molecular complexity index is 647. The number of nitriles is 1. The number of carboxylic acid groups (broad SMARTS) is 1. The van der Waals surface area contributed by atoms with Crippen molar-refractivity contribution in [3.8, 4) is 6.07 Å². The van der Waals surface area contributed by atoms with E-state index < -0.39 is 5.97 Å². The van der Waals surface area contributed by atoms with Crippen molar-refractivity contribution < 1.29 is 9.90 Å². The third kappa shape index (κ3) is 1.48. The number of aromatic nitrogens is 1. The van der Waals surface area contributed by atoms with Gasteiger partial charge >= 0.3 is 5.97 Å². The van der Waals surface area contributed by atoms with E-state index in [4.69, 9.17) is 5.26 Å². The van der Waals surface area contributed by atoms with E-state index in [1.54, 1.807) is 23.6 Å². The maximum Gasteiger partial charge on any atom is 0.352 e. The number of carbonyl (C=O) groups is 1. The summed E-state index contributed by atoms with van der Waals surface area (Å²) in [6.45, 7) is 4.21. The maximum atomic E-state index is 11.3. The first-order chi connectivity index (χ1) is 8.11. The normalized spacial score (nSPS) is 10.4. The van der Waals surface area contributed by atoms with E-state index in [9.17, 15) is 9.90 Å². The first-order valence-electron chi connectivity index (χ1n) is 5.37. The van der Waals surface area contributed by atoms with Crippen LogP contribution in [0.3, 0.4) is 0 Å². The van der Waals surface area contributed by atoms with E-state index in [0.717, 1.165) is 10.9 Å². The Morgan fingerprint density at radius 1 is 1.53 bits per heavy atom. The topological polar surface area (TPSA) is 66.0 Å². The maximum absolute atomic E-state index is 11.3. The summed E-state index contributed by atoms with van der Waals surface area (Å²) in [5.41, 5.74) is 2.26. The van der Waals surface area contributed by atoms with Crippen molar-refractivity contribution in [3.05, 3.63) is 35.0 Å². The van der Waals surface area contributed by atoms with Gasteiger partial charge in [-0.25, -0.2) is 4.79 Å². The minimum Gasteiger partial charge on any atom is -0.477 e. The van der Waals surface area contributed by atoms with Gasteiger partial charge in [-0.2, -0.15) is 5.26 Å². The van der Waals surface area contributed by atoms with E-state index in [1.165, 1.54) is 0 Å². The molecule has 0 bridgehead atoms. The highest BCUT2D eigenvalue weighted by Gasteiger charge is 2.20. The van der Waals surface area contributed by atoms with Crippen LogP contribution in [0.4, 0.5) is 0 Å². The molecule has 1 heterocycles. The average Bonchev–Trinajstić information content (AvgIpc) is 2.62. The number of aromatic carboxylic acids is 1. The molecule has 0 amide bonds.